The molecule has 4 atom stereocenters. The number of rotatable bonds is 5. The van der Waals surface area contributed by atoms with E-state index in [1.165, 1.54) is 16.2 Å². The molecule has 2 fully saturated rings. The SMILES string of the molecule is COc1ccc2nc(NC(=O)CCN3C(=O)[C@@H]4[C@H](C3=O)[C@H]3C=C[C@H]4CC3)sc2c1. The second-order valence-corrected chi connectivity index (χ2v) is 8.85. The van der Waals surface area contributed by atoms with E-state index in [2.05, 4.69) is 22.5 Å². The Morgan fingerprint density at radius 2 is 1.90 bits per heavy atom. The topological polar surface area (TPSA) is 88.6 Å². The van der Waals surface area contributed by atoms with E-state index in [1.54, 1.807) is 7.11 Å². The van der Waals surface area contributed by atoms with Crippen molar-refractivity contribution in [3.63, 3.8) is 0 Å². The Balaban J connectivity index is 1.23. The van der Waals surface area contributed by atoms with E-state index in [0.717, 1.165) is 28.8 Å². The number of fused-ring (bicyclic) bond motifs is 2. The molecule has 1 aromatic carbocycles. The first kappa shape index (κ1) is 18.3. The molecule has 8 heteroatoms. The molecule has 0 unspecified atom stereocenters. The van der Waals surface area contributed by atoms with Crippen LogP contribution in [-0.4, -0.2) is 41.3 Å². The molecule has 2 heterocycles. The number of aromatic nitrogens is 1. The fraction of sp³-hybridized carbons (Fsp3) is 0.429. The highest BCUT2D eigenvalue weighted by Crippen LogP contribution is 2.49. The zero-order valence-electron chi connectivity index (χ0n) is 16.0. The van der Waals surface area contributed by atoms with Gasteiger partial charge < -0.3 is 10.1 Å². The van der Waals surface area contributed by atoms with Crippen molar-refractivity contribution in [2.24, 2.45) is 23.7 Å². The summed E-state index contributed by atoms with van der Waals surface area (Å²) in [6.45, 7) is 0.120. The Kier molecular flexibility index (Phi) is 4.38. The summed E-state index contributed by atoms with van der Waals surface area (Å²) < 4.78 is 6.12. The molecule has 0 spiro atoms. The zero-order valence-corrected chi connectivity index (χ0v) is 16.8. The van der Waals surface area contributed by atoms with Crippen LogP contribution >= 0.6 is 11.3 Å². The van der Waals surface area contributed by atoms with Gasteiger partial charge in [0.1, 0.15) is 5.75 Å². The molecule has 3 amide bonds. The highest BCUT2D eigenvalue weighted by Gasteiger charge is 2.56. The number of allylic oxidation sites excluding steroid dienone is 2. The van der Waals surface area contributed by atoms with Crippen molar-refractivity contribution in [3.05, 3.63) is 30.4 Å². The van der Waals surface area contributed by atoms with E-state index in [0.29, 0.717) is 5.13 Å². The van der Waals surface area contributed by atoms with Crippen LogP contribution in [0, 0.1) is 23.7 Å². The summed E-state index contributed by atoms with van der Waals surface area (Å²) >= 11 is 1.36. The first-order valence-electron chi connectivity index (χ1n) is 9.83. The number of thiazole rings is 1. The average molecular weight is 411 g/mol. The Hall–Kier alpha value is -2.74. The zero-order chi connectivity index (χ0) is 20.1. The minimum absolute atomic E-state index is 0.0684. The lowest BCUT2D eigenvalue weighted by atomic mass is 9.63. The van der Waals surface area contributed by atoms with Crippen molar-refractivity contribution in [2.75, 3.05) is 19.0 Å². The van der Waals surface area contributed by atoms with Crippen molar-refractivity contribution in [2.45, 2.75) is 19.3 Å². The fourth-order valence-corrected chi connectivity index (χ4v) is 5.75. The molecule has 1 saturated carbocycles. The largest absolute Gasteiger partial charge is 0.497 e. The highest BCUT2D eigenvalue weighted by molar-refractivity contribution is 7.22. The molecule has 3 aliphatic carbocycles. The van der Waals surface area contributed by atoms with Crippen molar-refractivity contribution >= 4 is 44.4 Å². The number of nitrogens with one attached hydrogen (secondary N) is 1. The third kappa shape index (κ3) is 3.02. The molecule has 1 saturated heterocycles. The van der Waals surface area contributed by atoms with Gasteiger partial charge in [-0.05, 0) is 42.9 Å². The van der Waals surface area contributed by atoms with Crippen LogP contribution in [0.15, 0.2) is 30.4 Å². The lowest BCUT2D eigenvalue weighted by molar-refractivity contribution is -0.140. The number of amides is 3. The van der Waals surface area contributed by atoms with E-state index in [1.807, 2.05) is 18.2 Å². The van der Waals surface area contributed by atoms with Gasteiger partial charge in [-0.25, -0.2) is 4.98 Å². The molecule has 6 rings (SSSR count). The molecule has 29 heavy (non-hydrogen) atoms. The van der Waals surface area contributed by atoms with Crippen LogP contribution < -0.4 is 10.1 Å². The summed E-state index contributed by atoms with van der Waals surface area (Å²) in [5.74, 6) is 0.127. The van der Waals surface area contributed by atoms with Gasteiger partial charge in [0.2, 0.25) is 17.7 Å². The number of carbonyl (C=O) groups is 3. The van der Waals surface area contributed by atoms with Gasteiger partial charge in [-0.15, -0.1) is 0 Å². The molecular weight excluding hydrogens is 390 g/mol. The number of hydrogen-bond acceptors (Lipinski definition) is 6. The van der Waals surface area contributed by atoms with Gasteiger partial charge in [-0.3, -0.25) is 19.3 Å². The van der Waals surface area contributed by atoms with Gasteiger partial charge in [0.25, 0.3) is 0 Å². The molecule has 1 aromatic heterocycles. The Morgan fingerprint density at radius 1 is 1.21 bits per heavy atom. The van der Waals surface area contributed by atoms with Crippen LogP contribution in [-0.2, 0) is 14.4 Å². The summed E-state index contributed by atoms with van der Waals surface area (Å²) in [6, 6.07) is 5.53. The van der Waals surface area contributed by atoms with Crippen LogP contribution in [0.5, 0.6) is 5.75 Å². The Labute approximate surface area is 171 Å². The minimum atomic E-state index is -0.257. The Morgan fingerprint density at radius 3 is 2.52 bits per heavy atom. The molecule has 2 bridgehead atoms. The van der Waals surface area contributed by atoms with E-state index in [4.69, 9.17) is 4.74 Å². The van der Waals surface area contributed by atoms with E-state index >= 15 is 0 Å². The summed E-state index contributed by atoms with van der Waals surface area (Å²) in [5.41, 5.74) is 0.781. The predicted octanol–water partition coefficient (Wildman–Crippen LogP) is 2.83. The quantitative estimate of drug-likeness (QED) is 0.604. The lowest BCUT2D eigenvalue weighted by Crippen LogP contribution is -2.38. The second kappa shape index (κ2) is 6.95. The first-order chi connectivity index (χ1) is 14.0. The minimum Gasteiger partial charge on any atom is -0.497 e. The maximum atomic E-state index is 12.8. The predicted molar refractivity (Wildman–Crippen MR) is 108 cm³/mol. The molecule has 1 aliphatic heterocycles. The molecule has 1 N–H and O–H groups in total. The van der Waals surface area contributed by atoms with Gasteiger partial charge in [0, 0.05) is 13.0 Å². The average Bonchev–Trinajstić information content (AvgIpc) is 3.26. The number of methoxy groups -OCH3 is 1. The van der Waals surface area contributed by atoms with Crippen LogP contribution in [0.1, 0.15) is 19.3 Å². The smallest absolute Gasteiger partial charge is 0.233 e. The molecule has 2 aromatic rings. The highest BCUT2D eigenvalue weighted by atomic mass is 32.1. The standard InChI is InChI=1S/C21H21N3O4S/c1-28-13-6-7-14-15(10-13)29-21(22-14)23-16(25)8-9-24-19(26)17-11-2-3-12(5-4-11)18(17)20(24)27/h2-3,6-7,10-12,17-18H,4-5,8-9H2,1H3,(H,22,23,25)/t11-,12-,17-,18+/m0/s1. The van der Waals surface area contributed by atoms with E-state index < -0.39 is 0 Å². The second-order valence-electron chi connectivity index (χ2n) is 7.82. The summed E-state index contributed by atoms with van der Waals surface area (Å²) in [4.78, 5) is 43.7. The van der Waals surface area contributed by atoms with Crippen LogP contribution in [0.2, 0.25) is 0 Å². The molecular formula is C21H21N3O4S. The van der Waals surface area contributed by atoms with Gasteiger partial charge in [0.15, 0.2) is 5.13 Å². The van der Waals surface area contributed by atoms with Crippen molar-refractivity contribution in [1.82, 2.24) is 9.88 Å². The monoisotopic (exact) mass is 411 g/mol. The number of hydrogen-bond donors (Lipinski definition) is 1. The van der Waals surface area contributed by atoms with Gasteiger partial charge in [-0.1, -0.05) is 23.5 Å². The third-order valence-electron chi connectivity index (χ3n) is 6.26. The van der Waals surface area contributed by atoms with Gasteiger partial charge in [0.05, 0.1) is 29.2 Å². The first-order valence-corrected chi connectivity index (χ1v) is 10.6. The fourth-order valence-electron chi connectivity index (χ4n) is 4.84. The number of carbonyl (C=O) groups excluding carboxylic acids is 3. The number of ether oxygens (including phenoxy) is 1. The maximum absolute atomic E-state index is 12.8. The number of benzene rings is 1. The van der Waals surface area contributed by atoms with Gasteiger partial charge >= 0.3 is 0 Å². The molecule has 0 radical (unpaired) electrons. The molecule has 150 valence electrons. The van der Waals surface area contributed by atoms with E-state index in [9.17, 15) is 14.4 Å². The normalized spacial score (nSPS) is 27.6. The number of nitrogens with zero attached hydrogens (tertiary/aromatic N) is 2. The number of imide groups is 1. The van der Waals surface area contributed by atoms with Crippen molar-refractivity contribution in [1.29, 1.82) is 0 Å². The summed E-state index contributed by atoms with van der Waals surface area (Å²) in [5, 5.41) is 3.27. The Bertz CT molecular complexity index is 1010. The molecule has 4 aliphatic rings. The molecule has 7 nitrogen and oxygen atoms in total. The summed E-state index contributed by atoms with van der Waals surface area (Å²) in [6.07, 6.45) is 6.20. The van der Waals surface area contributed by atoms with Crippen molar-refractivity contribution in [3.8, 4) is 5.75 Å². The number of likely N-dealkylation sites (tertiary alicyclic amines) is 1. The van der Waals surface area contributed by atoms with E-state index in [-0.39, 0.29) is 54.4 Å². The third-order valence-corrected chi connectivity index (χ3v) is 7.19. The summed E-state index contributed by atoms with van der Waals surface area (Å²) in [7, 11) is 1.60. The van der Waals surface area contributed by atoms with Crippen LogP contribution in [0.3, 0.4) is 0 Å². The van der Waals surface area contributed by atoms with Crippen LogP contribution in [0.25, 0.3) is 10.2 Å². The van der Waals surface area contributed by atoms with Gasteiger partial charge in [-0.2, -0.15) is 0 Å². The van der Waals surface area contributed by atoms with Crippen LogP contribution in [0.4, 0.5) is 5.13 Å². The van der Waals surface area contributed by atoms with Crippen molar-refractivity contribution < 1.29 is 19.1 Å². The lowest BCUT2D eigenvalue weighted by Gasteiger charge is -2.38. The maximum Gasteiger partial charge on any atom is 0.233 e. The number of anilines is 1.